The predicted octanol–water partition coefficient (Wildman–Crippen LogP) is 0.847. The van der Waals surface area contributed by atoms with Crippen molar-refractivity contribution in [3.05, 3.63) is 22.9 Å². The number of nitriles is 1. The van der Waals surface area contributed by atoms with E-state index < -0.39 is 32.6 Å². The smallest absolute Gasteiger partial charge is 0.243 e. The molecule has 86 valence electrons. The molecule has 0 radical (unpaired) electrons. The maximum absolute atomic E-state index is 12.7. The van der Waals surface area contributed by atoms with Crippen molar-refractivity contribution in [3.63, 3.8) is 0 Å². The van der Waals surface area contributed by atoms with Crippen molar-refractivity contribution in [2.24, 2.45) is 5.14 Å². The molecule has 8 heteroatoms. The van der Waals surface area contributed by atoms with Crippen LogP contribution in [0.1, 0.15) is 23.1 Å². The summed E-state index contributed by atoms with van der Waals surface area (Å²) in [6.07, 6.45) is -2.11. The molecule has 0 fully saturated rings. The van der Waals surface area contributed by atoms with Gasteiger partial charge in [0, 0.05) is 6.20 Å². The zero-order valence-corrected chi connectivity index (χ0v) is 8.92. The molecular weight excluding hydrogens is 240 g/mol. The molecule has 5 nitrogen and oxygen atoms in total. The minimum Gasteiger partial charge on any atom is -0.243 e. The van der Waals surface area contributed by atoms with Crippen molar-refractivity contribution in [1.29, 1.82) is 5.26 Å². The Balaban J connectivity index is 3.74. The quantitative estimate of drug-likeness (QED) is 0.837. The fraction of sp³-hybridized carbons (Fsp3) is 0.250. The van der Waals surface area contributed by atoms with Crippen LogP contribution in [0.5, 0.6) is 0 Å². The van der Waals surface area contributed by atoms with Crippen LogP contribution in [0.3, 0.4) is 0 Å². The van der Waals surface area contributed by atoms with Crippen LogP contribution in [0.25, 0.3) is 0 Å². The first-order valence-corrected chi connectivity index (χ1v) is 5.54. The first-order valence-electron chi connectivity index (χ1n) is 3.99. The van der Waals surface area contributed by atoms with Crippen LogP contribution in [0, 0.1) is 18.3 Å². The number of rotatable bonds is 2. The molecule has 0 bridgehead atoms. The average Bonchev–Trinajstić information content (AvgIpc) is 2.14. The SMILES string of the molecule is Cc1cnc(S(N)(=O)=O)c(C(F)F)c1C#N. The second-order valence-corrected chi connectivity index (χ2v) is 4.47. The fourth-order valence-corrected chi connectivity index (χ4v) is 1.88. The Labute approximate surface area is 90.6 Å². The molecule has 1 aromatic rings. The zero-order valence-electron chi connectivity index (χ0n) is 8.11. The first-order chi connectivity index (χ1) is 7.29. The van der Waals surface area contributed by atoms with E-state index in [9.17, 15) is 17.2 Å². The van der Waals surface area contributed by atoms with Crippen molar-refractivity contribution in [2.45, 2.75) is 18.4 Å². The lowest BCUT2D eigenvalue weighted by atomic mass is 10.1. The Kier molecular flexibility index (Phi) is 3.21. The summed E-state index contributed by atoms with van der Waals surface area (Å²) < 4.78 is 47.4. The molecule has 0 aliphatic heterocycles. The maximum atomic E-state index is 12.7. The van der Waals surface area contributed by atoms with Crippen molar-refractivity contribution in [2.75, 3.05) is 0 Å². The second kappa shape index (κ2) is 4.11. The van der Waals surface area contributed by atoms with E-state index in [0.717, 1.165) is 6.20 Å². The van der Waals surface area contributed by atoms with E-state index in [1.54, 1.807) is 0 Å². The lowest BCUT2D eigenvalue weighted by Gasteiger charge is -2.09. The van der Waals surface area contributed by atoms with Gasteiger partial charge in [-0.05, 0) is 12.5 Å². The predicted molar refractivity (Wildman–Crippen MR) is 50.0 cm³/mol. The highest BCUT2D eigenvalue weighted by Gasteiger charge is 2.26. The number of aromatic nitrogens is 1. The minimum atomic E-state index is -4.37. The highest BCUT2D eigenvalue weighted by atomic mass is 32.2. The molecule has 1 aromatic heterocycles. The standard InChI is InChI=1S/C8H7F2N3O2S/c1-4-3-13-8(16(12,14)15)6(7(9)10)5(4)2-11/h3,7H,1H3,(H2,12,14,15). The van der Waals surface area contributed by atoms with Gasteiger partial charge in [-0.15, -0.1) is 0 Å². The van der Waals surface area contributed by atoms with Crippen LogP contribution in [-0.4, -0.2) is 13.4 Å². The van der Waals surface area contributed by atoms with Crippen LogP contribution in [0.15, 0.2) is 11.2 Å². The summed E-state index contributed by atoms with van der Waals surface area (Å²) >= 11 is 0. The first kappa shape index (κ1) is 12.5. The normalized spacial score (nSPS) is 11.5. The molecule has 0 aliphatic rings. The van der Waals surface area contributed by atoms with Crippen LogP contribution in [0.2, 0.25) is 0 Å². The van der Waals surface area contributed by atoms with Gasteiger partial charge in [-0.3, -0.25) is 0 Å². The van der Waals surface area contributed by atoms with Gasteiger partial charge in [0.2, 0.25) is 0 Å². The molecule has 0 unspecified atom stereocenters. The molecule has 0 amide bonds. The molecule has 0 spiro atoms. The second-order valence-electron chi connectivity index (χ2n) is 2.99. The number of halogens is 2. The number of primary sulfonamides is 1. The molecule has 0 aromatic carbocycles. The van der Waals surface area contributed by atoms with Crippen LogP contribution in [-0.2, 0) is 10.0 Å². The number of hydrogen-bond acceptors (Lipinski definition) is 4. The number of nitrogens with two attached hydrogens (primary N) is 1. The molecule has 1 rings (SSSR count). The van der Waals surface area contributed by atoms with Gasteiger partial charge in [-0.1, -0.05) is 0 Å². The third kappa shape index (κ3) is 2.15. The number of hydrogen-bond donors (Lipinski definition) is 1. The minimum absolute atomic E-state index is 0.171. The third-order valence-electron chi connectivity index (χ3n) is 1.87. The number of pyridine rings is 1. The lowest BCUT2D eigenvalue weighted by Crippen LogP contribution is -2.18. The Morgan fingerprint density at radius 2 is 2.12 bits per heavy atom. The summed E-state index contributed by atoms with van der Waals surface area (Å²) in [6, 6.07) is 1.52. The molecule has 16 heavy (non-hydrogen) atoms. The average molecular weight is 247 g/mol. The Bertz CT molecular complexity index is 563. The largest absolute Gasteiger partial charge is 0.267 e. The molecule has 0 saturated carbocycles. The highest BCUT2D eigenvalue weighted by molar-refractivity contribution is 7.89. The van der Waals surface area contributed by atoms with Crippen LogP contribution < -0.4 is 5.14 Å². The maximum Gasteiger partial charge on any atom is 0.267 e. The van der Waals surface area contributed by atoms with E-state index in [1.165, 1.54) is 13.0 Å². The van der Waals surface area contributed by atoms with Gasteiger partial charge in [0.1, 0.15) is 6.07 Å². The van der Waals surface area contributed by atoms with Crippen molar-refractivity contribution in [3.8, 4) is 6.07 Å². The lowest BCUT2D eigenvalue weighted by molar-refractivity contribution is 0.146. The van der Waals surface area contributed by atoms with E-state index >= 15 is 0 Å². The van der Waals surface area contributed by atoms with E-state index in [0.29, 0.717) is 0 Å². The number of nitrogens with zero attached hydrogens (tertiary/aromatic N) is 2. The van der Waals surface area contributed by atoms with Crippen LogP contribution in [0.4, 0.5) is 8.78 Å². The van der Waals surface area contributed by atoms with Gasteiger partial charge in [0.05, 0.1) is 11.1 Å². The summed E-state index contributed by atoms with van der Waals surface area (Å²) in [6.45, 7) is 1.38. The number of sulfonamides is 1. The van der Waals surface area contributed by atoms with E-state index in [4.69, 9.17) is 10.4 Å². The van der Waals surface area contributed by atoms with Gasteiger partial charge >= 0.3 is 0 Å². The van der Waals surface area contributed by atoms with Gasteiger partial charge in [-0.25, -0.2) is 27.3 Å². The van der Waals surface area contributed by atoms with Gasteiger partial charge in [0.25, 0.3) is 16.4 Å². The highest BCUT2D eigenvalue weighted by Crippen LogP contribution is 2.29. The molecule has 0 saturated heterocycles. The van der Waals surface area contributed by atoms with Crippen molar-refractivity contribution >= 4 is 10.0 Å². The summed E-state index contributed by atoms with van der Waals surface area (Å²) in [4.78, 5) is 3.34. The van der Waals surface area contributed by atoms with Crippen LogP contribution >= 0.6 is 0 Å². The summed E-state index contributed by atoms with van der Waals surface area (Å²) in [5.74, 6) is 0. The number of aryl methyl sites for hydroxylation is 1. The number of alkyl halides is 2. The summed E-state index contributed by atoms with van der Waals surface area (Å²) in [5, 5.41) is 12.5. The summed E-state index contributed by atoms with van der Waals surface area (Å²) in [7, 11) is -4.37. The molecule has 1 heterocycles. The molecule has 0 aliphatic carbocycles. The van der Waals surface area contributed by atoms with E-state index in [2.05, 4.69) is 4.98 Å². The third-order valence-corrected chi connectivity index (χ3v) is 2.73. The zero-order chi connectivity index (χ0) is 12.5. The topological polar surface area (TPSA) is 96.8 Å². The molecular formula is C8H7F2N3O2S. The monoisotopic (exact) mass is 247 g/mol. The van der Waals surface area contributed by atoms with E-state index in [-0.39, 0.29) is 5.56 Å². The van der Waals surface area contributed by atoms with Gasteiger partial charge < -0.3 is 0 Å². The summed E-state index contributed by atoms with van der Waals surface area (Å²) in [5.41, 5.74) is -1.18. The Hall–Kier alpha value is -1.59. The van der Waals surface area contributed by atoms with E-state index in [1.807, 2.05) is 0 Å². The Morgan fingerprint density at radius 1 is 1.56 bits per heavy atom. The van der Waals surface area contributed by atoms with Crippen molar-refractivity contribution < 1.29 is 17.2 Å². The van der Waals surface area contributed by atoms with Gasteiger partial charge in [-0.2, -0.15) is 5.26 Å². The van der Waals surface area contributed by atoms with Crippen molar-refractivity contribution in [1.82, 2.24) is 4.98 Å². The Morgan fingerprint density at radius 3 is 2.50 bits per heavy atom. The van der Waals surface area contributed by atoms with Gasteiger partial charge in [0.15, 0.2) is 5.03 Å². The molecule has 0 atom stereocenters. The fourth-order valence-electron chi connectivity index (χ4n) is 1.19. The molecule has 2 N–H and O–H groups in total.